The van der Waals surface area contributed by atoms with Crippen molar-refractivity contribution in [1.29, 1.82) is 0 Å². The van der Waals surface area contributed by atoms with Gasteiger partial charge < -0.3 is 10.2 Å². The highest BCUT2D eigenvalue weighted by Gasteiger charge is 2.27. The van der Waals surface area contributed by atoms with Crippen LogP contribution in [0.3, 0.4) is 0 Å². The standard InChI is InChI=1S/C18H21NO4/c1-11(2)9-15(17(20)21)19-16(18(22)23)14-8-7-12-5-3-4-6-13(12)10-14/h3-8,10-11,15-16,19H,9H2,1-2H3,(H,20,21)(H,22,23). The molecule has 0 saturated carbocycles. The van der Waals surface area contributed by atoms with E-state index < -0.39 is 24.0 Å². The van der Waals surface area contributed by atoms with Gasteiger partial charge in [0.1, 0.15) is 12.1 Å². The van der Waals surface area contributed by atoms with Crippen LogP contribution in [-0.2, 0) is 9.59 Å². The molecule has 2 aromatic carbocycles. The number of nitrogens with one attached hydrogen (secondary N) is 1. The van der Waals surface area contributed by atoms with Crippen molar-refractivity contribution in [3.05, 3.63) is 48.0 Å². The Morgan fingerprint density at radius 1 is 1.00 bits per heavy atom. The van der Waals surface area contributed by atoms with Gasteiger partial charge in [0.2, 0.25) is 0 Å². The molecule has 122 valence electrons. The molecule has 2 unspecified atom stereocenters. The highest BCUT2D eigenvalue weighted by Crippen LogP contribution is 2.22. The second kappa shape index (κ2) is 7.24. The van der Waals surface area contributed by atoms with Crippen LogP contribution in [0.15, 0.2) is 42.5 Å². The van der Waals surface area contributed by atoms with Crippen LogP contribution in [0.1, 0.15) is 31.9 Å². The van der Waals surface area contributed by atoms with Gasteiger partial charge in [-0.25, -0.2) is 0 Å². The first kappa shape index (κ1) is 17.0. The van der Waals surface area contributed by atoms with Crippen LogP contribution < -0.4 is 5.32 Å². The molecule has 3 N–H and O–H groups in total. The number of aliphatic carboxylic acids is 2. The van der Waals surface area contributed by atoms with Crippen molar-refractivity contribution >= 4 is 22.7 Å². The molecule has 0 aliphatic carbocycles. The van der Waals surface area contributed by atoms with E-state index >= 15 is 0 Å². The SMILES string of the molecule is CC(C)CC(NC(C(=O)O)c1ccc2ccccc2c1)C(=O)O. The first-order valence-electron chi connectivity index (χ1n) is 7.59. The molecule has 2 atom stereocenters. The van der Waals surface area contributed by atoms with E-state index in [1.165, 1.54) is 0 Å². The molecule has 0 fully saturated rings. The van der Waals surface area contributed by atoms with Crippen molar-refractivity contribution in [2.75, 3.05) is 0 Å². The highest BCUT2D eigenvalue weighted by molar-refractivity contribution is 5.85. The number of carbonyl (C=O) groups is 2. The summed E-state index contributed by atoms with van der Waals surface area (Å²) in [5, 5.41) is 23.5. The van der Waals surface area contributed by atoms with Gasteiger partial charge >= 0.3 is 11.9 Å². The van der Waals surface area contributed by atoms with E-state index in [4.69, 9.17) is 0 Å². The van der Waals surface area contributed by atoms with E-state index in [0.717, 1.165) is 10.8 Å². The van der Waals surface area contributed by atoms with Crippen molar-refractivity contribution in [2.24, 2.45) is 5.92 Å². The number of carboxylic acids is 2. The van der Waals surface area contributed by atoms with Crippen molar-refractivity contribution in [3.63, 3.8) is 0 Å². The number of hydrogen-bond donors (Lipinski definition) is 3. The predicted molar refractivity (Wildman–Crippen MR) is 88.3 cm³/mol. The normalized spacial score (nSPS) is 13.9. The van der Waals surface area contributed by atoms with E-state index in [9.17, 15) is 19.8 Å². The van der Waals surface area contributed by atoms with Gasteiger partial charge in [0.15, 0.2) is 0 Å². The Bertz CT molecular complexity index is 711. The van der Waals surface area contributed by atoms with Gasteiger partial charge in [-0.05, 0) is 34.7 Å². The number of hydrogen-bond acceptors (Lipinski definition) is 3. The summed E-state index contributed by atoms with van der Waals surface area (Å²) in [4.78, 5) is 23.0. The number of benzene rings is 2. The molecule has 0 aliphatic rings. The van der Waals surface area contributed by atoms with Gasteiger partial charge in [0.25, 0.3) is 0 Å². The lowest BCUT2D eigenvalue weighted by Crippen LogP contribution is -2.42. The third kappa shape index (κ3) is 4.29. The molecule has 0 bridgehead atoms. The Balaban J connectivity index is 2.32. The third-order valence-corrected chi connectivity index (χ3v) is 3.73. The molecule has 0 saturated heterocycles. The fourth-order valence-electron chi connectivity index (χ4n) is 2.61. The molecule has 23 heavy (non-hydrogen) atoms. The van der Waals surface area contributed by atoms with Gasteiger partial charge in [-0.15, -0.1) is 0 Å². The van der Waals surface area contributed by atoms with Crippen LogP contribution in [-0.4, -0.2) is 28.2 Å². The fourth-order valence-corrected chi connectivity index (χ4v) is 2.61. The molecule has 2 rings (SSSR count). The van der Waals surface area contributed by atoms with Crippen LogP contribution in [0.25, 0.3) is 10.8 Å². The molecule has 0 radical (unpaired) electrons. The molecule has 0 amide bonds. The Labute approximate surface area is 134 Å². The Morgan fingerprint density at radius 3 is 2.22 bits per heavy atom. The molecule has 0 spiro atoms. The van der Waals surface area contributed by atoms with Crippen molar-refractivity contribution in [2.45, 2.75) is 32.4 Å². The maximum Gasteiger partial charge on any atom is 0.325 e. The Morgan fingerprint density at radius 2 is 1.65 bits per heavy atom. The first-order chi connectivity index (χ1) is 10.9. The van der Waals surface area contributed by atoms with E-state index in [0.29, 0.717) is 12.0 Å². The lowest BCUT2D eigenvalue weighted by Gasteiger charge is -2.22. The second-order valence-corrected chi connectivity index (χ2v) is 6.06. The van der Waals surface area contributed by atoms with E-state index in [2.05, 4.69) is 5.32 Å². The zero-order valence-electron chi connectivity index (χ0n) is 13.2. The number of fused-ring (bicyclic) bond motifs is 1. The quantitative estimate of drug-likeness (QED) is 0.731. The van der Waals surface area contributed by atoms with Gasteiger partial charge in [0, 0.05) is 0 Å². The molecule has 5 nitrogen and oxygen atoms in total. The molecular weight excluding hydrogens is 294 g/mol. The van der Waals surface area contributed by atoms with Gasteiger partial charge in [-0.1, -0.05) is 50.2 Å². The minimum Gasteiger partial charge on any atom is -0.480 e. The van der Waals surface area contributed by atoms with E-state index in [1.54, 1.807) is 12.1 Å². The zero-order chi connectivity index (χ0) is 17.0. The maximum absolute atomic E-state index is 11.6. The Hall–Kier alpha value is -2.40. The lowest BCUT2D eigenvalue weighted by atomic mass is 9.98. The summed E-state index contributed by atoms with van der Waals surface area (Å²) < 4.78 is 0. The molecule has 0 heterocycles. The summed E-state index contributed by atoms with van der Waals surface area (Å²) in [5.74, 6) is -1.98. The summed E-state index contributed by atoms with van der Waals surface area (Å²) in [7, 11) is 0. The van der Waals surface area contributed by atoms with Crippen LogP contribution in [0.2, 0.25) is 0 Å². The highest BCUT2D eigenvalue weighted by atomic mass is 16.4. The first-order valence-corrected chi connectivity index (χ1v) is 7.59. The molecule has 2 aromatic rings. The number of carboxylic acid groups (broad SMARTS) is 2. The molecule has 0 aliphatic heterocycles. The minimum absolute atomic E-state index is 0.148. The van der Waals surface area contributed by atoms with Crippen LogP contribution >= 0.6 is 0 Å². The monoisotopic (exact) mass is 315 g/mol. The van der Waals surface area contributed by atoms with Gasteiger partial charge in [0.05, 0.1) is 0 Å². The van der Waals surface area contributed by atoms with Crippen molar-refractivity contribution < 1.29 is 19.8 Å². The van der Waals surface area contributed by atoms with Crippen LogP contribution in [0.5, 0.6) is 0 Å². The third-order valence-electron chi connectivity index (χ3n) is 3.73. The van der Waals surface area contributed by atoms with E-state index in [-0.39, 0.29) is 5.92 Å². The summed E-state index contributed by atoms with van der Waals surface area (Å²) in [6.45, 7) is 3.81. The topological polar surface area (TPSA) is 86.6 Å². The average molecular weight is 315 g/mol. The van der Waals surface area contributed by atoms with Gasteiger partial charge in [-0.3, -0.25) is 14.9 Å². The Kier molecular flexibility index (Phi) is 5.34. The lowest BCUT2D eigenvalue weighted by molar-refractivity contribution is -0.143. The van der Waals surface area contributed by atoms with Gasteiger partial charge in [-0.2, -0.15) is 0 Å². The maximum atomic E-state index is 11.6. The van der Waals surface area contributed by atoms with Crippen molar-refractivity contribution in [1.82, 2.24) is 5.32 Å². The summed E-state index contributed by atoms with van der Waals surface area (Å²) in [6, 6.07) is 11.0. The fraction of sp³-hybridized carbons (Fsp3) is 0.333. The second-order valence-electron chi connectivity index (χ2n) is 6.06. The minimum atomic E-state index is -1.09. The predicted octanol–water partition coefficient (Wildman–Crippen LogP) is 3.05. The largest absolute Gasteiger partial charge is 0.480 e. The molecule has 0 aromatic heterocycles. The van der Waals surface area contributed by atoms with E-state index in [1.807, 2.05) is 44.2 Å². The summed E-state index contributed by atoms with van der Waals surface area (Å²) in [5.41, 5.74) is 0.547. The average Bonchev–Trinajstić information content (AvgIpc) is 2.50. The van der Waals surface area contributed by atoms with Crippen LogP contribution in [0.4, 0.5) is 0 Å². The summed E-state index contributed by atoms with van der Waals surface area (Å²) in [6.07, 6.45) is 0.368. The number of rotatable bonds is 7. The molecular formula is C18H21NO4. The molecule has 5 heteroatoms. The van der Waals surface area contributed by atoms with Crippen LogP contribution in [0, 0.1) is 5.92 Å². The van der Waals surface area contributed by atoms with Crippen molar-refractivity contribution in [3.8, 4) is 0 Å². The summed E-state index contributed by atoms with van der Waals surface area (Å²) >= 11 is 0. The smallest absolute Gasteiger partial charge is 0.325 e. The zero-order valence-corrected chi connectivity index (χ0v) is 13.2.